The molecule has 0 aliphatic carbocycles. The van der Waals surface area contributed by atoms with E-state index in [0.29, 0.717) is 23.1 Å². The number of hydrogen-bond acceptors (Lipinski definition) is 2. The Labute approximate surface area is 136 Å². The molecular weight excluding hydrogens is 331 g/mol. The van der Waals surface area contributed by atoms with E-state index in [1.54, 1.807) is 12.1 Å². The van der Waals surface area contributed by atoms with Gasteiger partial charge in [0.25, 0.3) is 0 Å². The van der Waals surface area contributed by atoms with Gasteiger partial charge in [0.1, 0.15) is 6.07 Å². The lowest BCUT2D eigenvalue weighted by atomic mass is 10.1. The zero-order chi connectivity index (χ0) is 16.0. The summed E-state index contributed by atoms with van der Waals surface area (Å²) in [4.78, 5) is 2.10. The average Bonchev–Trinajstić information content (AvgIpc) is 2.42. The molecule has 0 amide bonds. The van der Waals surface area contributed by atoms with E-state index in [9.17, 15) is 4.39 Å². The van der Waals surface area contributed by atoms with Crippen LogP contribution in [-0.2, 0) is 0 Å². The lowest BCUT2D eigenvalue weighted by Gasteiger charge is -2.27. The first-order valence-corrected chi connectivity index (χ1v) is 8.29. The monoisotopic (exact) mass is 354 g/mol. The Morgan fingerprint density at radius 2 is 1.67 bits per heavy atom. The van der Waals surface area contributed by atoms with E-state index in [4.69, 9.17) is 5.26 Å². The number of benzene rings is 1. The van der Waals surface area contributed by atoms with Crippen LogP contribution in [0.25, 0.3) is 0 Å². The molecule has 0 atom stereocenters. The summed E-state index contributed by atoms with van der Waals surface area (Å²) in [6.45, 7) is 10.4. The van der Waals surface area contributed by atoms with Crippen LogP contribution in [0.5, 0.6) is 0 Å². The standard InChI is InChI=1S/C17H24BrFN2/c1-12(2)7-9-21(10-8-13(3)4)15-6-5-14(11-20)16(18)17(15)19/h5-6,12-13H,7-10H2,1-4H3. The van der Waals surface area contributed by atoms with Gasteiger partial charge >= 0.3 is 0 Å². The molecule has 0 saturated carbocycles. The Kier molecular flexibility index (Phi) is 7.17. The Balaban J connectivity index is 3.01. The van der Waals surface area contributed by atoms with E-state index in [2.05, 4.69) is 48.5 Å². The lowest BCUT2D eigenvalue weighted by molar-refractivity contribution is 0.526. The van der Waals surface area contributed by atoms with Crippen LogP contribution in [0, 0.1) is 29.0 Å². The quantitative estimate of drug-likeness (QED) is 0.658. The second-order valence-corrected chi connectivity index (χ2v) is 7.02. The van der Waals surface area contributed by atoms with Gasteiger partial charge in [0.15, 0.2) is 5.82 Å². The van der Waals surface area contributed by atoms with Gasteiger partial charge in [-0.15, -0.1) is 0 Å². The third-order valence-electron chi connectivity index (χ3n) is 3.48. The predicted molar refractivity (Wildman–Crippen MR) is 89.9 cm³/mol. The van der Waals surface area contributed by atoms with Crippen molar-refractivity contribution in [1.82, 2.24) is 0 Å². The highest BCUT2D eigenvalue weighted by molar-refractivity contribution is 9.10. The molecule has 0 unspecified atom stereocenters. The predicted octanol–water partition coefficient (Wildman–Crippen LogP) is 5.36. The molecule has 2 nitrogen and oxygen atoms in total. The van der Waals surface area contributed by atoms with Crippen LogP contribution in [0.3, 0.4) is 0 Å². The zero-order valence-corrected chi connectivity index (χ0v) is 14.9. The largest absolute Gasteiger partial charge is 0.369 e. The van der Waals surface area contributed by atoms with Gasteiger partial charge in [-0.05, 0) is 52.7 Å². The number of nitrogens with zero attached hydrogens (tertiary/aromatic N) is 2. The maximum absolute atomic E-state index is 14.5. The van der Waals surface area contributed by atoms with E-state index in [0.717, 1.165) is 25.9 Å². The average molecular weight is 355 g/mol. The van der Waals surface area contributed by atoms with Crippen molar-refractivity contribution in [1.29, 1.82) is 5.26 Å². The fraction of sp³-hybridized carbons (Fsp3) is 0.588. The first-order chi connectivity index (χ1) is 9.86. The molecule has 0 N–H and O–H groups in total. The van der Waals surface area contributed by atoms with Crippen LogP contribution in [0.1, 0.15) is 46.1 Å². The highest BCUT2D eigenvalue weighted by Crippen LogP contribution is 2.30. The molecular formula is C17H24BrFN2. The second-order valence-electron chi connectivity index (χ2n) is 6.22. The molecule has 0 fully saturated rings. The van der Waals surface area contributed by atoms with Crippen molar-refractivity contribution in [2.75, 3.05) is 18.0 Å². The van der Waals surface area contributed by atoms with Crippen molar-refractivity contribution < 1.29 is 4.39 Å². The first-order valence-electron chi connectivity index (χ1n) is 7.49. The number of rotatable bonds is 7. The fourth-order valence-corrected chi connectivity index (χ4v) is 2.47. The summed E-state index contributed by atoms with van der Waals surface area (Å²) in [5.41, 5.74) is 0.922. The van der Waals surface area contributed by atoms with Gasteiger partial charge in [0, 0.05) is 13.1 Å². The molecule has 0 radical (unpaired) electrons. The van der Waals surface area contributed by atoms with E-state index >= 15 is 0 Å². The molecule has 1 aromatic carbocycles. The second kappa shape index (κ2) is 8.38. The Morgan fingerprint density at radius 3 is 2.10 bits per heavy atom. The summed E-state index contributed by atoms with van der Waals surface area (Å²) in [5, 5.41) is 8.96. The van der Waals surface area contributed by atoms with Crippen LogP contribution in [0.2, 0.25) is 0 Å². The van der Waals surface area contributed by atoms with Crippen LogP contribution >= 0.6 is 15.9 Å². The van der Waals surface area contributed by atoms with Gasteiger partial charge in [-0.3, -0.25) is 0 Å². The Morgan fingerprint density at radius 1 is 1.14 bits per heavy atom. The molecule has 0 aliphatic heterocycles. The van der Waals surface area contributed by atoms with Crippen LogP contribution in [0.15, 0.2) is 16.6 Å². The molecule has 21 heavy (non-hydrogen) atoms. The normalized spacial score (nSPS) is 11.0. The highest BCUT2D eigenvalue weighted by atomic mass is 79.9. The zero-order valence-electron chi connectivity index (χ0n) is 13.3. The van der Waals surface area contributed by atoms with Crippen LogP contribution < -0.4 is 4.90 Å². The number of nitriles is 1. The SMILES string of the molecule is CC(C)CCN(CCC(C)C)c1ccc(C#N)c(Br)c1F. The minimum absolute atomic E-state index is 0.265. The molecule has 0 bridgehead atoms. The van der Waals surface area contributed by atoms with E-state index in [1.165, 1.54) is 0 Å². The van der Waals surface area contributed by atoms with Gasteiger partial charge < -0.3 is 4.90 Å². The molecule has 1 aromatic rings. The maximum Gasteiger partial charge on any atom is 0.161 e. The third kappa shape index (κ3) is 5.32. The number of anilines is 1. The third-order valence-corrected chi connectivity index (χ3v) is 4.25. The van der Waals surface area contributed by atoms with E-state index in [1.807, 2.05) is 6.07 Å². The Hall–Kier alpha value is -1.08. The summed E-state index contributed by atoms with van der Waals surface area (Å²) >= 11 is 3.20. The van der Waals surface area contributed by atoms with Crippen molar-refractivity contribution >= 4 is 21.6 Å². The van der Waals surface area contributed by atoms with Gasteiger partial charge in [-0.25, -0.2) is 4.39 Å². The fourth-order valence-electron chi connectivity index (χ4n) is 2.05. The summed E-state index contributed by atoms with van der Waals surface area (Å²) in [7, 11) is 0. The molecule has 0 heterocycles. The molecule has 1 rings (SSSR count). The minimum atomic E-state index is -0.332. The summed E-state index contributed by atoms with van der Waals surface area (Å²) in [5.74, 6) is 0.828. The van der Waals surface area contributed by atoms with Crippen molar-refractivity contribution in [3.63, 3.8) is 0 Å². The van der Waals surface area contributed by atoms with Crippen molar-refractivity contribution in [2.45, 2.75) is 40.5 Å². The van der Waals surface area contributed by atoms with Crippen molar-refractivity contribution in [3.05, 3.63) is 28.0 Å². The molecule has 4 heteroatoms. The minimum Gasteiger partial charge on any atom is -0.369 e. The Bertz CT molecular complexity index is 494. The van der Waals surface area contributed by atoms with Crippen molar-refractivity contribution in [2.24, 2.45) is 11.8 Å². The van der Waals surface area contributed by atoms with Crippen LogP contribution in [-0.4, -0.2) is 13.1 Å². The van der Waals surface area contributed by atoms with Gasteiger partial charge in [-0.2, -0.15) is 5.26 Å². The molecule has 116 valence electrons. The lowest BCUT2D eigenvalue weighted by Crippen LogP contribution is -2.28. The first kappa shape index (κ1) is 18.0. The smallest absolute Gasteiger partial charge is 0.161 e. The number of halogens is 2. The van der Waals surface area contributed by atoms with Crippen LogP contribution in [0.4, 0.5) is 10.1 Å². The molecule has 0 aromatic heterocycles. The molecule has 0 aliphatic rings. The molecule has 0 spiro atoms. The highest BCUT2D eigenvalue weighted by Gasteiger charge is 2.17. The topological polar surface area (TPSA) is 27.0 Å². The van der Waals surface area contributed by atoms with Gasteiger partial charge in [0.05, 0.1) is 15.7 Å². The summed E-state index contributed by atoms with van der Waals surface area (Å²) in [6, 6.07) is 5.40. The van der Waals surface area contributed by atoms with Gasteiger partial charge in [-0.1, -0.05) is 27.7 Å². The van der Waals surface area contributed by atoms with E-state index in [-0.39, 0.29) is 10.3 Å². The van der Waals surface area contributed by atoms with E-state index < -0.39 is 0 Å². The number of hydrogen-bond donors (Lipinski definition) is 0. The van der Waals surface area contributed by atoms with Crippen molar-refractivity contribution in [3.8, 4) is 6.07 Å². The summed E-state index contributed by atoms with van der Waals surface area (Å²) < 4.78 is 14.8. The summed E-state index contributed by atoms with van der Waals surface area (Å²) in [6.07, 6.45) is 2.05. The van der Waals surface area contributed by atoms with Gasteiger partial charge in [0.2, 0.25) is 0 Å². The molecule has 0 saturated heterocycles. The maximum atomic E-state index is 14.5.